The van der Waals surface area contributed by atoms with Gasteiger partial charge in [-0.25, -0.2) is 4.79 Å². The van der Waals surface area contributed by atoms with Gasteiger partial charge in [-0.15, -0.1) is 0 Å². The van der Waals surface area contributed by atoms with Gasteiger partial charge in [-0.1, -0.05) is 23.7 Å². The van der Waals surface area contributed by atoms with Crippen molar-refractivity contribution in [3.8, 4) is 5.75 Å². The monoisotopic (exact) mass is 484 g/mol. The molecule has 1 unspecified atom stereocenters. The quantitative estimate of drug-likeness (QED) is 0.475. The largest absolute Gasteiger partial charge is 0.491 e. The number of carbonyl (C=O) groups is 1. The number of ether oxygens (including phenoxy) is 1. The first-order valence-corrected chi connectivity index (χ1v) is 11.8. The number of halogens is 1. The molecule has 3 N–H and O–H groups in total. The molecule has 180 valence electrons. The molecule has 3 aromatic rings. The van der Waals surface area contributed by atoms with Crippen LogP contribution >= 0.6 is 11.6 Å². The number of hydrogen-bond acceptors (Lipinski definition) is 6. The molecule has 1 aliphatic rings. The molecule has 1 aromatic heterocycles. The summed E-state index contributed by atoms with van der Waals surface area (Å²) in [6, 6.07) is 12.8. The number of amides is 1. The number of fused-ring (bicyclic) bond motifs is 1. The van der Waals surface area contributed by atoms with Crippen molar-refractivity contribution in [3.63, 3.8) is 0 Å². The first kappa shape index (κ1) is 24.3. The predicted octanol–water partition coefficient (Wildman–Crippen LogP) is 3.28. The summed E-state index contributed by atoms with van der Waals surface area (Å²) in [6.45, 7) is 3.93. The number of piperidine rings is 1. The van der Waals surface area contributed by atoms with Crippen molar-refractivity contribution in [2.24, 2.45) is 11.7 Å². The van der Waals surface area contributed by atoms with E-state index in [1.54, 1.807) is 18.2 Å². The topological polar surface area (TPSA) is 106 Å². The standard InChI is InChI=1S/C26H29ClN2O5/c1-16-22-7-6-21(33-15-20(30)14-29-10-8-18(9-11-29)25(28)31)13-24(22)34-26(32)23(16)12-17-2-4-19(27)5-3-17/h2-7,13,18,20,30H,8-12,14-15H2,1H3,(H2,28,31). The third-order valence-corrected chi connectivity index (χ3v) is 6.71. The van der Waals surface area contributed by atoms with Gasteiger partial charge in [0.2, 0.25) is 5.91 Å². The van der Waals surface area contributed by atoms with Crippen LogP contribution in [-0.4, -0.2) is 48.3 Å². The molecule has 1 saturated heterocycles. The molecular weight excluding hydrogens is 456 g/mol. The molecule has 2 heterocycles. The van der Waals surface area contributed by atoms with Crippen molar-refractivity contribution in [2.75, 3.05) is 26.2 Å². The second-order valence-electron chi connectivity index (χ2n) is 8.90. The Morgan fingerprint density at radius 1 is 1.24 bits per heavy atom. The Balaban J connectivity index is 1.39. The molecular formula is C26H29ClN2O5. The predicted molar refractivity (Wildman–Crippen MR) is 131 cm³/mol. The van der Waals surface area contributed by atoms with Gasteiger partial charge in [-0.2, -0.15) is 0 Å². The minimum atomic E-state index is -0.684. The second-order valence-corrected chi connectivity index (χ2v) is 9.33. The lowest BCUT2D eigenvalue weighted by Crippen LogP contribution is -2.43. The molecule has 7 nitrogen and oxygen atoms in total. The number of likely N-dealkylation sites (tertiary alicyclic amines) is 1. The van der Waals surface area contributed by atoms with Crippen LogP contribution in [0.1, 0.15) is 29.5 Å². The molecule has 0 bridgehead atoms. The number of nitrogens with two attached hydrogens (primary N) is 1. The average Bonchev–Trinajstić information content (AvgIpc) is 2.82. The minimum absolute atomic E-state index is 0.0768. The number of primary amides is 1. The lowest BCUT2D eigenvalue weighted by atomic mass is 9.96. The van der Waals surface area contributed by atoms with E-state index in [9.17, 15) is 14.7 Å². The lowest BCUT2D eigenvalue weighted by molar-refractivity contribution is -0.123. The van der Waals surface area contributed by atoms with E-state index < -0.39 is 6.10 Å². The van der Waals surface area contributed by atoms with Crippen LogP contribution < -0.4 is 16.1 Å². The Kier molecular flexibility index (Phi) is 7.56. The van der Waals surface area contributed by atoms with Gasteiger partial charge >= 0.3 is 5.63 Å². The molecule has 0 aliphatic carbocycles. The van der Waals surface area contributed by atoms with Crippen LogP contribution in [0.5, 0.6) is 5.75 Å². The number of aliphatic hydroxyl groups is 1. The summed E-state index contributed by atoms with van der Waals surface area (Å²) in [6.07, 6.45) is 1.21. The van der Waals surface area contributed by atoms with Crippen LogP contribution in [0.25, 0.3) is 11.0 Å². The van der Waals surface area contributed by atoms with E-state index in [1.165, 1.54) is 0 Å². The minimum Gasteiger partial charge on any atom is -0.491 e. The van der Waals surface area contributed by atoms with Gasteiger partial charge in [-0.05, 0) is 68.2 Å². The average molecular weight is 485 g/mol. The van der Waals surface area contributed by atoms with Gasteiger partial charge < -0.3 is 24.9 Å². The fourth-order valence-corrected chi connectivity index (χ4v) is 4.54. The Bertz CT molecular complexity index is 1220. The highest BCUT2D eigenvalue weighted by atomic mass is 35.5. The van der Waals surface area contributed by atoms with Crippen molar-refractivity contribution < 1.29 is 19.1 Å². The molecule has 2 aromatic carbocycles. The molecule has 34 heavy (non-hydrogen) atoms. The van der Waals surface area contributed by atoms with Crippen LogP contribution in [0.2, 0.25) is 5.02 Å². The zero-order valence-electron chi connectivity index (χ0n) is 19.1. The van der Waals surface area contributed by atoms with Gasteiger partial charge in [0, 0.05) is 40.9 Å². The van der Waals surface area contributed by atoms with Gasteiger partial charge in [0.05, 0.1) is 0 Å². The van der Waals surface area contributed by atoms with E-state index in [-0.39, 0.29) is 24.1 Å². The zero-order valence-corrected chi connectivity index (χ0v) is 19.9. The van der Waals surface area contributed by atoms with Gasteiger partial charge in [0.15, 0.2) is 0 Å². The molecule has 4 rings (SSSR count). The molecule has 1 amide bonds. The first-order chi connectivity index (χ1) is 16.3. The maximum atomic E-state index is 12.7. The smallest absolute Gasteiger partial charge is 0.340 e. The van der Waals surface area contributed by atoms with E-state index >= 15 is 0 Å². The number of hydrogen-bond donors (Lipinski definition) is 2. The summed E-state index contributed by atoms with van der Waals surface area (Å²) >= 11 is 5.95. The zero-order chi connectivity index (χ0) is 24.2. The summed E-state index contributed by atoms with van der Waals surface area (Å²) in [5, 5.41) is 11.9. The van der Waals surface area contributed by atoms with Crippen molar-refractivity contribution in [1.82, 2.24) is 4.90 Å². The Morgan fingerprint density at radius 2 is 1.94 bits per heavy atom. The summed E-state index contributed by atoms with van der Waals surface area (Å²) in [4.78, 5) is 26.1. The van der Waals surface area contributed by atoms with E-state index in [0.29, 0.717) is 47.7 Å². The highest BCUT2D eigenvalue weighted by molar-refractivity contribution is 6.30. The molecule has 1 fully saturated rings. The summed E-state index contributed by atoms with van der Waals surface area (Å²) in [7, 11) is 0. The Morgan fingerprint density at radius 3 is 2.62 bits per heavy atom. The molecule has 0 radical (unpaired) electrons. The number of carbonyl (C=O) groups excluding carboxylic acids is 1. The van der Waals surface area contributed by atoms with Crippen molar-refractivity contribution in [2.45, 2.75) is 32.3 Å². The summed E-state index contributed by atoms with van der Waals surface area (Å²) < 4.78 is 11.4. The van der Waals surface area contributed by atoms with E-state index in [0.717, 1.165) is 29.6 Å². The van der Waals surface area contributed by atoms with Gasteiger partial charge in [0.25, 0.3) is 0 Å². The molecule has 1 atom stereocenters. The van der Waals surface area contributed by atoms with E-state index in [2.05, 4.69) is 4.90 Å². The van der Waals surface area contributed by atoms with Crippen LogP contribution in [0.3, 0.4) is 0 Å². The number of β-amino-alcohol motifs (C(OH)–C–C–N with tert-alkyl or cyclic N) is 1. The SMILES string of the molecule is Cc1c(Cc2ccc(Cl)cc2)c(=O)oc2cc(OCC(O)CN3CCC(C(N)=O)CC3)ccc12. The highest BCUT2D eigenvalue weighted by Crippen LogP contribution is 2.26. The number of aliphatic hydroxyl groups excluding tert-OH is 1. The summed E-state index contributed by atoms with van der Waals surface area (Å²) in [5.41, 5.74) is 7.90. The summed E-state index contributed by atoms with van der Waals surface area (Å²) in [5.74, 6) is 0.192. The van der Waals surface area contributed by atoms with Gasteiger partial charge in [0.1, 0.15) is 24.0 Å². The maximum absolute atomic E-state index is 12.7. The van der Waals surface area contributed by atoms with Crippen LogP contribution in [0.15, 0.2) is 51.7 Å². The first-order valence-electron chi connectivity index (χ1n) is 11.4. The third kappa shape index (κ3) is 5.78. The third-order valence-electron chi connectivity index (χ3n) is 6.45. The normalized spacial score (nSPS) is 16.0. The lowest BCUT2D eigenvalue weighted by Gasteiger charge is -2.31. The number of benzene rings is 2. The molecule has 1 aliphatic heterocycles. The highest BCUT2D eigenvalue weighted by Gasteiger charge is 2.24. The van der Waals surface area contributed by atoms with Gasteiger partial charge in [-0.3, -0.25) is 4.79 Å². The number of rotatable bonds is 8. The fraction of sp³-hybridized carbons (Fsp3) is 0.385. The molecule has 0 saturated carbocycles. The fourth-order valence-electron chi connectivity index (χ4n) is 4.42. The molecule has 0 spiro atoms. The maximum Gasteiger partial charge on any atom is 0.340 e. The van der Waals surface area contributed by atoms with E-state index in [4.69, 9.17) is 26.5 Å². The van der Waals surface area contributed by atoms with Crippen LogP contribution in [0, 0.1) is 12.8 Å². The number of nitrogens with zero attached hydrogens (tertiary/aromatic N) is 1. The second kappa shape index (κ2) is 10.6. The van der Waals surface area contributed by atoms with Crippen LogP contribution in [0.4, 0.5) is 0 Å². The van der Waals surface area contributed by atoms with Crippen LogP contribution in [-0.2, 0) is 11.2 Å². The van der Waals surface area contributed by atoms with Crippen molar-refractivity contribution in [1.29, 1.82) is 0 Å². The van der Waals surface area contributed by atoms with E-state index in [1.807, 2.05) is 31.2 Å². The number of aryl methyl sites for hydroxylation is 1. The molecule has 8 heteroatoms. The Hall–Kier alpha value is -2.87. The van der Waals surface area contributed by atoms with Crippen molar-refractivity contribution in [3.05, 3.63) is 74.6 Å². The Labute approximate surface area is 203 Å². The van der Waals surface area contributed by atoms with Crippen molar-refractivity contribution >= 4 is 28.5 Å².